The zero-order valence-corrected chi connectivity index (χ0v) is 17.5. The van der Waals surface area contributed by atoms with Crippen molar-refractivity contribution < 1.29 is 19.0 Å². The van der Waals surface area contributed by atoms with E-state index >= 15 is 0 Å². The Kier molecular flexibility index (Phi) is 6.17. The van der Waals surface area contributed by atoms with Crippen molar-refractivity contribution in [3.8, 4) is 16.9 Å². The van der Waals surface area contributed by atoms with Crippen LogP contribution in [0.15, 0.2) is 90.6 Å². The van der Waals surface area contributed by atoms with Gasteiger partial charge in [0.2, 0.25) is 0 Å². The lowest BCUT2D eigenvalue weighted by Gasteiger charge is -2.24. The highest BCUT2D eigenvalue weighted by Gasteiger charge is 2.23. The Bertz CT molecular complexity index is 1080. The molecular weight excluding hydrogens is 392 g/mol. The number of nitrogens with zero attached hydrogens (tertiary/aromatic N) is 1. The molecule has 1 amide bonds. The fraction of sp³-hybridized carbons (Fsp3) is 0.200. The summed E-state index contributed by atoms with van der Waals surface area (Å²) in [5.74, 6) is 1.44. The number of carbonyl (C=O) groups excluding carboxylic acids is 1. The van der Waals surface area contributed by atoms with Gasteiger partial charge in [0.25, 0.3) is 5.91 Å². The van der Waals surface area contributed by atoms with Crippen molar-refractivity contribution in [3.05, 3.63) is 96.1 Å². The highest BCUT2D eigenvalue weighted by atomic mass is 16.5. The molecule has 2 heterocycles. The molecule has 1 aromatic heterocycles. The number of ether oxygens (including phenoxy) is 3. The third-order valence-corrected chi connectivity index (χ3v) is 5.15. The van der Waals surface area contributed by atoms with Crippen molar-refractivity contribution in [1.29, 1.82) is 0 Å². The maximum Gasteiger partial charge on any atom is 0.255 e. The molecule has 1 unspecified atom stereocenters. The fourth-order valence-corrected chi connectivity index (χ4v) is 3.43. The first-order valence-electron chi connectivity index (χ1n) is 10.1. The van der Waals surface area contributed by atoms with Gasteiger partial charge in [-0.2, -0.15) is 0 Å². The summed E-state index contributed by atoms with van der Waals surface area (Å²) in [6.45, 7) is 1.85. The lowest BCUT2D eigenvalue weighted by atomic mass is 10.0. The average molecular weight is 416 g/mol. The molecule has 4 rings (SSSR count). The molecule has 1 aliphatic carbocycles. The number of methoxy groups -OCH3 is 1. The number of nitrogens with one attached hydrogen (secondary N) is 1. The minimum Gasteiger partial charge on any atom is -0.496 e. The van der Waals surface area contributed by atoms with E-state index in [1.807, 2.05) is 43.3 Å². The third kappa shape index (κ3) is 4.69. The molecule has 1 N–H and O–H groups in total. The van der Waals surface area contributed by atoms with Crippen LogP contribution in [0.1, 0.15) is 30.1 Å². The predicted molar refractivity (Wildman–Crippen MR) is 118 cm³/mol. The number of aromatic nitrogens is 1. The Hall–Kier alpha value is -3.80. The maximum atomic E-state index is 12.9. The van der Waals surface area contributed by atoms with E-state index < -0.39 is 0 Å². The minimum absolute atomic E-state index is 0.258. The Morgan fingerprint density at radius 2 is 2.00 bits per heavy atom. The molecule has 6 heteroatoms. The molecule has 6 nitrogen and oxygen atoms in total. The van der Waals surface area contributed by atoms with Crippen LogP contribution in [0.4, 0.5) is 0 Å². The van der Waals surface area contributed by atoms with Gasteiger partial charge in [-0.3, -0.25) is 9.78 Å². The quantitative estimate of drug-likeness (QED) is 0.727. The zero-order chi connectivity index (χ0) is 21.6. The molecular formula is C25H24N2O4. The predicted octanol–water partition coefficient (Wildman–Crippen LogP) is 4.88. The molecule has 0 fully saturated rings. The molecule has 0 saturated carbocycles. The van der Waals surface area contributed by atoms with Crippen LogP contribution >= 0.6 is 0 Å². The van der Waals surface area contributed by atoms with E-state index in [0.717, 1.165) is 29.5 Å². The van der Waals surface area contributed by atoms with Gasteiger partial charge in [-0.15, -0.1) is 0 Å². The molecule has 2 aliphatic rings. The number of hydrogen-bond acceptors (Lipinski definition) is 5. The zero-order valence-electron chi connectivity index (χ0n) is 17.5. The van der Waals surface area contributed by atoms with Gasteiger partial charge in [0.1, 0.15) is 18.3 Å². The molecule has 0 radical (unpaired) electrons. The summed E-state index contributed by atoms with van der Waals surface area (Å²) in [6, 6.07) is 8.92. The van der Waals surface area contributed by atoms with Gasteiger partial charge in [0.15, 0.2) is 11.5 Å². The summed E-state index contributed by atoms with van der Waals surface area (Å²) < 4.78 is 17.0. The highest BCUT2D eigenvalue weighted by molar-refractivity contribution is 5.98. The smallest absolute Gasteiger partial charge is 0.255 e. The number of allylic oxidation sites excluding steroid dienone is 4. The Balaban J connectivity index is 1.46. The number of hydrogen-bond donors (Lipinski definition) is 1. The Labute approximate surface area is 181 Å². The topological polar surface area (TPSA) is 69.7 Å². The molecule has 1 aliphatic heterocycles. The van der Waals surface area contributed by atoms with Crippen molar-refractivity contribution in [2.45, 2.75) is 25.8 Å². The van der Waals surface area contributed by atoms with E-state index in [0.29, 0.717) is 22.8 Å². The third-order valence-electron chi connectivity index (χ3n) is 5.15. The van der Waals surface area contributed by atoms with Crippen molar-refractivity contribution in [3.63, 3.8) is 0 Å². The van der Waals surface area contributed by atoms with Crippen molar-refractivity contribution in [2.75, 3.05) is 7.11 Å². The summed E-state index contributed by atoms with van der Waals surface area (Å²) in [5, 5.41) is 2.96. The van der Waals surface area contributed by atoms with Crippen molar-refractivity contribution in [1.82, 2.24) is 10.3 Å². The Morgan fingerprint density at radius 3 is 2.74 bits per heavy atom. The van der Waals surface area contributed by atoms with Gasteiger partial charge >= 0.3 is 0 Å². The first-order chi connectivity index (χ1) is 15.2. The monoisotopic (exact) mass is 416 g/mol. The Morgan fingerprint density at radius 1 is 1.16 bits per heavy atom. The van der Waals surface area contributed by atoms with Gasteiger partial charge < -0.3 is 19.5 Å². The van der Waals surface area contributed by atoms with Gasteiger partial charge in [-0.1, -0.05) is 24.3 Å². The molecule has 1 aromatic carbocycles. The van der Waals surface area contributed by atoms with E-state index in [1.165, 1.54) is 6.26 Å². The molecule has 0 spiro atoms. The first-order valence-corrected chi connectivity index (χ1v) is 10.1. The molecule has 0 bridgehead atoms. The molecule has 0 saturated heterocycles. The van der Waals surface area contributed by atoms with Gasteiger partial charge in [-0.05, 0) is 60.7 Å². The standard InChI is InChI=1S/C25H24N2O4/c1-17(23-15-30-16-24(31-23)19-6-4-3-5-7-19)27-25(28)21-9-8-20(14-22(21)29-2)18-10-12-26-13-11-18/h3-4,6,8-17H,5,7H2,1-2H3,(H,27,28). The maximum absolute atomic E-state index is 12.9. The van der Waals surface area contributed by atoms with Gasteiger partial charge in [0.05, 0.1) is 18.7 Å². The second-order valence-electron chi connectivity index (χ2n) is 7.25. The van der Waals surface area contributed by atoms with Crippen molar-refractivity contribution >= 4 is 5.91 Å². The lowest BCUT2D eigenvalue weighted by Crippen LogP contribution is -2.35. The summed E-state index contributed by atoms with van der Waals surface area (Å²) in [6.07, 6.45) is 14.5. The summed E-state index contributed by atoms with van der Waals surface area (Å²) in [4.78, 5) is 17.0. The van der Waals surface area contributed by atoms with E-state index in [-0.39, 0.29) is 11.9 Å². The van der Waals surface area contributed by atoms with Gasteiger partial charge in [-0.25, -0.2) is 0 Å². The largest absolute Gasteiger partial charge is 0.496 e. The molecule has 1 atom stereocenters. The van der Waals surface area contributed by atoms with Crippen LogP contribution in [0.5, 0.6) is 5.75 Å². The van der Waals surface area contributed by atoms with E-state index in [2.05, 4.69) is 16.4 Å². The summed E-state index contributed by atoms with van der Waals surface area (Å²) in [5.41, 5.74) is 3.46. The van der Waals surface area contributed by atoms with Crippen LogP contribution in [0.3, 0.4) is 0 Å². The van der Waals surface area contributed by atoms with Crippen LogP contribution in [-0.2, 0) is 9.47 Å². The van der Waals surface area contributed by atoms with E-state index in [1.54, 1.807) is 31.8 Å². The number of rotatable bonds is 6. The fourth-order valence-electron chi connectivity index (χ4n) is 3.43. The van der Waals surface area contributed by atoms with Gasteiger partial charge in [0, 0.05) is 12.4 Å². The normalized spacial score (nSPS) is 16.1. The summed E-state index contributed by atoms with van der Waals surface area (Å²) >= 11 is 0. The van der Waals surface area contributed by atoms with Crippen LogP contribution < -0.4 is 10.1 Å². The number of pyridine rings is 1. The van der Waals surface area contributed by atoms with E-state index in [4.69, 9.17) is 14.2 Å². The van der Waals surface area contributed by atoms with Crippen molar-refractivity contribution in [2.24, 2.45) is 0 Å². The number of benzene rings is 1. The van der Waals surface area contributed by atoms with Crippen LogP contribution in [0.25, 0.3) is 11.1 Å². The molecule has 2 aromatic rings. The number of carbonyl (C=O) groups is 1. The van der Waals surface area contributed by atoms with E-state index in [9.17, 15) is 4.79 Å². The summed E-state index contributed by atoms with van der Waals surface area (Å²) in [7, 11) is 1.55. The van der Waals surface area contributed by atoms with Crippen LogP contribution in [-0.4, -0.2) is 24.0 Å². The molecule has 158 valence electrons. The highest BCUT2D eigenvalue weighted by Crippen LogP contribution is 2.29. The average Bonchev–Trinajstić information content (AvgIpc) is 2.84. The van der Waals surface area contributed by atoms with Crippen LogP contribution in [0.2, 0.25) is 0 Å². The first kappa shape index (κ1) is 20.5. The SMILES string of the molecule is COc1cc(-c2ccncc2)ccc1C(=O)NC(C)C1=COC=C(C2=CC=CCC2)O1. The number of amides is 1. The second-order valence-corrected chi connectivity index (χ2v) is 7.25. The van der Waals surface area contributed by atoms with Crippen LogP contribution in [0, 0.1) is 0 Å². The second kappa shape index (κ2) is 9.34. The minimum atomic E-state index is -0.388. The lowest BCUT2D eigenvalue weighted by molar-refractivity contribution is 0.0926. The molecule has 31 heavy (non-hydrogen) atoms.